The molecule has 0 radical (unpaired) electrons. The van der Waals surface area contributed by atoms with Gasteiger partial charge in [0, 0.05) is 11.1 Å². The maximum absolute atomic E-state index is 10.8. The molecular formula is C10H13ClN2O3. The molecule has 0 saturated carbocycles. The second-order valence-corrected chi connectivity index (χ2v) is 3.90. The summed E-state index contributed by atoms with van der Waals surface area (Å²) in [6.07, 6.45) is -0.401. The monoisotopic (exact) mass is 244 g/mol. The van der Waals surface area contributed by atoms with Gasteiger partial charge in [0.15, 0.2) is 0 Å². The van der Waals surface area contributed by atoms with Crippen LogP contribution in [-0.2, 0) is 0 Å². The Labute approximate surface area is 98.0 Å². The van der Waals surface area contributed by atoms with Gasteiger partial charge in [-0.05, 0) is 18.6 Å². The molecule has 0 aliphatic rings. The van der Waals surface area contributed by atoms with E-state index in [9.17, 15) is 15.2 Å². The van der Waals surface area contributed by atoms with Crippen molar-refractivity contribution in [2.45, 2.75) is 25.5 Å². The third-order valence-corrected chi connectivity index (χ3v) is 2.61. The van der Waals surface area contributed by atoms with Gasteiger partial charge in [-0.25, -0.2) is 0 Å². The summed E-state index contributed by atoms with van der Waals surface area (Å²) in [5.41, 5.74) is 5.88. The predicted molar refractivity (Wildman–Crippen MR) is 61.3 cm³/mol. The lowest BCUT2D eigenvalue weighted by Gasteiger charge is -2.17. The second-order valence-electron chi connectivity index (χ2n) is 3.46. The van der Waals surface area contributed by atoms with Gasteiger partial charge in [-0.3, -0.25) is 10.1 Å². The van der Waals surface area contributed by atoms with Crippen LogP contribution < -0.4 is 5.73 Å². The minimum atomic E-state index is -0.822. The average Bonchev–Trinajstić information content (AvgIpc) is 2.26. The van der Waals surface area contributed by atoms with Crippen LogP contribution in [0.1, 0.15) is 24.9 Å². The van der Waals surface area contributed by atoms with Crippen molar-refractivity contribution in [1.82, 2.24) is 0 Å². The van der Waals surface area contributed by atoms with Crippen LogP contribution in [0.15, 0.2) is 18.2 Å². The van der Waals surface area contributed by atoms with E-state index in [4.69, 9.17) is 17.3 Å². The number of nitro benzene ring substituents is 1. The second kappa shape index (κ2) is 5.25. The summed E-state index contributed by atoms with van der Waals surface area (Å²) in [6.45, 7) is 1.75. The minimum absolute atomic E-state index is 0.121. The molecule has 0 spiro atoms. The fraction of sp³-hybridized carbons (Fsp3) is 0.400. The normalized spacial score (nSPS) is 14.5. The third-order valence-electron chi connectivity index (χ3n) is 2.38. The molecule has 0 aromatic heterocycles. The molecule has 0 saturated heterocycles. The van der Waals surface area contributed by atoms with E-state index in [-0.39, 0.29) is 11.3 Å². The van der Waals surface area contributed by atoms with Gasteiger partial charge in [0.1, 0.15) is 0 Å². The summed E-state index contributed by atoms with van der Waals surface area (Å²) in [7, 11) is 0. The third kappa shape index (κ3) is 2.69. The number of benzene rings is 1. The predicted octanol–water partition coefficient (Wildman–Crippen LogP) is 2.02. The lowest BCUT2D eigenvalue weighted by Crippen LogP contribution is -2.26. The Morgan fingerprint density at radius 3 is 2.75 bits per heavy atom. The van der Waals surface area contributed by atoms with Crippen LogP contribution >= 0.6 is 11.6 Å². The molecule has 0 bridgehead atoms. The molecule has 1 aromatic rings. The zero-order chi connectivity index (χ0) is 12.3. The summed E-state index contributed by atoms with van der Waals surface area (Å²) in [6, 6.07) is 3.33. The first-order valence-electron chi connectivity index (χ1n) is 4.84. The first kappa shape index (κ1) is 12.9. The lowest BCUT2D eigenvalue weighted by atomic mass is 9.99. The van der Waals surface area contributed by atoms with E-state index in [0.29, 0.717) is 11.4 Å². The fourth-order valence-electron chi connectivity index (χ4n) is 1.42. The highest BCUT2D eigenvalue weighted by molar-refractivity contribution is 6.30. The number of nitrogens with zero attached hydrogens (tertiary/aromatic N) is 1. The molecule has 6 heteroatoms. The molecule has 0 aliphatic heterocycles. The van der Waals surface area contributed by atoms with Gasteiger partial charge < -0.3 is 10.8 Å². The van der Waals surface area contributed by atoms with Gasteiger partial charge in [-0.1, -0.05) is 18.5 Å². The van der Waals surface area contributed by atoms with Crippen LogP contribution in [0.5, 0.6) is 0 Å². The first-order valence-corrected chi connectivity index (χ1v) is 5.22. The molecule has 1 aromatic carbocycles. The molecule has 0 fully saturated rings. The summed E-state index contributed by atoms with van der Waals surface area (Å²) >= 11 is 5.75. The topological polar surface area (TPSA) is 89.4 Å². The van der Waals surface area contributed by atoms with Gasteiger partial charge >= 0.3 is 0 Å². The number of rotatable bonds is 4. The van der Waals surface area contributed by atoms with E-state index >= 15 is 0 Å². The van der Waals surface area contributed by atoms with Crippen molar-refractivity contribution in [2.75, 3.05) is 0 Å². The Bertz CT molecular complexity index is 398. The van der Waals surface area contributed by atoms with Gasteiger partial charge in [-0.2, -0.15) is 0 Å². The Morgan fingerprint density at radius 2 is 2.25 bits per heavy atom. The molecular weight excluding hydrogens is 232 g/mol. The number of nitro groups is 1. The van der Waals surface area contributed by atoms with Crippen molar-refractivity contribution >= 4 is 17.3 Å². The van der Waals surface area contributed by atoms with E-state index in [2.05, 4.69) is 0 Å². The van der Waals surface area contributed by atoms with Crippen LogP contribution in [-0.4, -0.2) is 16.1 Å². The summed E-state index contributed by atoms with van der Waals surface area (Å²) in [4.78, 5) is 10.2. The highest BCUT2D eigenvalue weighted by atomic mass is 35.5. The summed E-state index contributed by atoms with van der Waals surface area (Å²) < 4.78 is 0. The number of hydrogen-bond acceptors (Lipinski definition) is 4. The number of hydrogen-bond donors (Lipinski definition) is 2. The van der Waals surface area contributed by atoms with Crippen LogP contribution in [0.2, 0.25) is 5.02 Å². The van der Waals surface area contributed by atoms with Crippen LogP contribution in [0.3, 0.4) is 0 Å². The smallest absolute Gasteiger partial charge is 0.274 e. The van der Waals surface area contributed by atoms with Crippen molar-refractivity contribution in [3.05, 3.63) is 38.9 Å². The number of nitrogens with two attached hydrogens (primary N) is 1. The Morgan fingerprint density at radius 1 is 1.62 bits per heavy atom. The highest BCUT2D eigenvalue weighted by Crippen LogP contribution is 2.29. The number of halogens is 1. The first-order chi connectivity index (χ1) is 7.47. The average molecular weight is 245 g/mol. The molecule has 1 rings (SSSR count). The van der Waals surface area contributed by atoms with Crippen molar-refractivity contribution in [1.29, 1.82) is 0 Å². The van der Waals surface area contributed by atoms with E-state index in [0.717, 1.165) is 0 Å². The fourth-order valence-corrected chi connectivity index (χ4v) is 1.60. The zero-order valence-corrected chi connectivity index (χ0v) is 9.52. The van der Waals surface area contributed by atoms with Gasteiger partial charge in [0.05, 0.1) is 22.6 Å². The maximum atomic E-state index is 10.8. The molecule has 0 unspecified atom stereocenters. The number of aliphatic hydroxyl groups is 1. The van der Waals surface area contributed by atoms with Crippen LogP contribution in [0.25, 0.3) is 0 Å². The molecule has 16 heavy (non-hydrogen) atoms. The molecule has 3 N–H and O–H groups in total. The van der Waals surface area contributed by atoms with E-state index in [1.54, 1.807) is 6.92 Å². The van der Waals surface area contributed by atoms with Crippen molar-refractivity contribution in [3.63, 3.8) is 0 Å². The number of aliphatic hydroxyl groups excluding tert-OH is 1. The summed E-state index contributed by atoms with van der Waals surface area (Å²) in [5.74, 6) is 0. The van der Waals surface area contributed by atoms with Crippen LogP contribution in [0, 0.1) is 10.1 Å². The highest BCUT2D eigenvalue weighted by Gasteiger charge is 2.24. The molecule has 5 nitrogen and oxygen atoms in total. The van der Waals surface area contributed by atoms with Gasteiger partial charge in [0.2, 0.25) is 0 Å². The Hall–Kier alpha value is -1.17. The molecule has 0 amide bonds. The van der Waals surface area contributed by atoms with E-state index < -0.39 is 17.1 Å². The Kier molecular flexibility index (Phi) is 4.23. The van der Waals surface area contributed by atoms with Crippen LogP contribution in [0.4, 0.5) is 5.69 Å². The Balaban J connectivity index is 3.19. The van der Waals surface area contributed by atoms with E-state index in [1.807, 2.05) is 0 Å². The lowest BCUT2D eigenvalue weighted by molar-refractivity contribution is -0.385. The van der Waals surface area contributed by atoms with E-state index in [1.165, 1.54) is 18.2 Å². The minimum Gasteiger partial charge on any atom is -0.391 e. The van der Waals surface area contributed by atoms with Gasteiger partial charge in [0.25, 0.3) is 5.69 Å². The summed E-state index contributed by atoms with van der Waals surface area (Å²) in [5, 5.41) is 20.7. The van der Waals surface area contributed by atoms with Crippen molar-refractivity contribution < 1.29 is 10.0 Å². The zero-order valence-electron chi connectivity index (χ0n) is 8.76. The molecule has 0 aliphatic carbocycles. The maximum Gasteiger partial charge on any atom is 0.274 e. The quantitative estimate of drug-likeness (QED) is 0.626. The molecule has 88 valence electrons. The van der Waals surface area contributed by atoms with Crippen molar-refractivity contribution in [3.8, 4) is 0 Å². The van der Waals surface area contributed by atoms with Gasteiger partial charge in [-0.15, -0.1) is 0 Å². The SMILES string of the molecule is CC[C@@H](O)[C@@H](N)c1cc(Cl)ccc1[N+](=O)[O-]. The largest absolute Gasteiger partial charge is 0.391 e. The molecule has 0 heterocycles. The van der Waals surface area contributed by atoms with Crippen molar-refractivity contribution in [2.24, 2.45) is 5.73 Å². The standard InChI is InChI=1S/C10H13ClN2O3/c1-2-9(14)10(12)7-5-6(11)3-4-8(7)13(15)16/h3-5,9-10,14H,2,12H2,1H3/t9-,10+/m1/s1. The molecule has 2 atom stereocenters.